The van der Waals surface area contributed by atoms with Crippen molar-refractivity contribution in [1.82, 2.24) is 10.3 Å². The second-order valence-electron chi connectivity index (χ2n) is 5.54. The molecule has 106 valence electrons. The smallest absolute Gasteiger partial charge is 0.0592 e. The predicted molar refractivity (Wildman–Crippen MR) is 85.0 cm³/mol. The topological polar surface area (TPSA) is 24.9 Å². The van der Waals surface area contributed by atoms with E-state index in [1.54, 1.807) is 0 Å². The first-order valence-electron chi connectivity index (χ1n) is 7.34. The lowest BCUT2D eigenvalue weighted by atomic mass is 9.96. The molecule has 0 spiro atoms. The van der Waals surface area contributed by atoms with Gasteiger partial charge in [-0.1, -0.05) is 42.3 Å². The van der Waals surface area contributed by atoms with E-state index in [1.165, 1.54) is 22.3 Å². The molecular weight excluding hydrogens is 244 g/mol. The summed E-state index contributed by atoms with van der Waals surface area (Å²) >= 11 is 0. The Balaban J connectivity index is 2.38. The molecule has 2 aromatic rings. The van der Waals surface area contributed by atoms with E-state index >= 15 is 0 Å². The van der Waals surface area contributed by atoms with Gasteiger partial charge in [-0.3, -0.25) is 4.98 Å². The molecule has 0 aliphatic heterocycles. The van der Waals surface area contributed by atoms with Gasteiger partial charge in [-0.25, -0.2) is 0 Å². The first kappa shape index (κ1) is 14.7. The molecule has 0 amide bonds. The number of aromatic nitrogens is 1. The molecule has 0 fully saturated rings. The molecule has 0 aliphatic carbocycles. The Morgan fingerprint density at radius 1 is 1.00 bits per heavy atom. The molecule has 1 heterocycles. The molecule has 0 bridgehead atoms. The zero-order valence-electron chi connectivity index (χ0n) is 12.9. The molecule has 0 radical (unpaired) electrons. The normalized spacial score (nSPS) is 12.4. The number of pyridine rings is 1. The van der Waals surface area contributed by atoms with E-state index in [-0.39, 0.29) is 6.04 Å². The van der Waals surface area contributed by atoms with Crippen molar-refractivity contribution in [2.45, 2.75) is 40.2 Å². The summed E-state index contributed by atoms with van der Waals surface area (Å²) in [7, 11) is 0. The standard InChI is InChI=1S/C18H24N2/c1-5-8-19-18(16-7-6-15(4)20-12-16)17-10-13(2)9-14(3)11-17/h6-7,9-12,18-19H,5,8H2,1-4H3. The monoisotopic (exact) mass is 268 g/mol. The molecule has 0 aliphatic rings. The third-order valence-corrected chi connectivity index (χ3v) is 3.44. The van der Waals surface area contributed by atoms with Crippen LogP contribution in [-0.2, 0) is 0 Å². The zero-order chi connectivity index (χ0) is 14.5. The van der Waals surface area contributed by atoms with Crippen LogP contribution in [-0.4, -0.2) is 11.5 Å². The van der Waals surface area contributed by atoms with Gasteiger partial charge < -0.3 is 5.32 Å². The van der Waals surface area contributed by atoms with Crippen LogP contribution in [0.1, 0.15) is 47.3 Å². The summed E-state index contributed by atoms with van der Waals surface area (Å²) in [6.07, 6.45) is 3.11. The Hall–Kier alpha value is -1.67. The predicted octanol–water partition coefficient (Wildman–Crippen LogP) is 4.10. The molecule has 2 nitrogen and oxygen atoms in total. The summed E-state index contributed by atoms with van der Waals surface area (Å²) in [5.41, 5.74) is 6.23. The van der Waals surface area contributed by atoms with Crippen molar-refractivity contribution < 1.29 is 0 Å². The van der Waals surface area contributed by atoms with Crippen molar-refractivity contribution in [3.05, 3.63) is 64.5 Å². The van der Waals surface area contributed by atoms with Gasteiger partial charge in [0.25, 0.3) is 0 Å². The Morgan fingerprint density at radius 2 is 1.70 bits per heavy atom. The number of benzene rings is 1. The Labute approximate surface area is 122 Å². The van der Waals surface area contributed by atoms with E-state index < -0.39 is 0 Å². The number of hydrogen-bond donors (Lipinski definition) is 1. The van der Waals surface area contributed by atoms with Crippen LogP contribution in [0, 0.1) is 20.8 Å². The van der Waals surface area contributed by atoms with Gasteiger partial charge in [0.15, 0.2) is 0 Å². The maximum absolute atomic E-state index is 4.44. The summed E-state index contributed by atoms with van der Waals surface area (Å²) in [5, 5.41) is 3.64. The van der Waals surface area contributed by atoms with Crippen molar-refractivity contribution in [1.29, 1.82) is 0 Å². The minimum Gasteiger partial charge on any atom is -0.306 e. The van der Waals surface area contributed by atoms with E-state index in [0.29, 0.717) is 0 Å². The molecule has 1 aromatic heterocycles. The average Bonchev–Trinajstić information content (AvgIpc) is 2.40. The van der Waals surface area contributed by atoms with Crippen molar-refractivity contribution in [3.63, 3.8) is 0 Å². The van der Waals surface area contributed by atoms with E-state index in [9.17, 15) is 0 Å². The van der Waals surface area contributed by atoms with Crippen molar-refractivity contribution in [2.24, 2.45) is 0 Å². The minimum atomic E-state index is 0.224. The van der Waals surface area contributed by atoms with E-state index in [0.717, 1.165) is 18.7 Å². The maximum atomic E-state index is 4.44. The first-order chi connectivity index (χ1) is 9.60. The number of nitrogens with one attached hydrogen (secondary N) is 1. The van der Waals surface area contributed by atoms with Gasteiger partial charge in [0.05, 0.1) is 6.04 Å². The largest absolute Gasteiger partial charge is 0.306 e. The van der Waals surface area contributed by atoms with Crippen LogP contribution in [0.25, 0.3) is 0 Å². The summed E-state index contributed by atoms with van der Waals surface area (Å²) < 4.78 is 0. The lowest BCUT2D eigenvalue weighted by molar-refractivity contribution is 0.596. The number of nitrogens with zero attached hydrogens (tertiary/aromatic N) is 1. The molecular formula is C18H24N2. The van der Waals surface area contributed by atoms with Gasteiger partial charge in [-0.15, -0.1) is 0 Å². The lowest BCUT2D eigenvalue weighted by Gasteiger charge is -2.20. The molecule has 0 saturated carbocycles. The highest BCUT2D eigenvalue weighted by atomic mass is 14.9. The van der Waals surface area contributed by atoms with Crippen LogP contribution in [0.2, 0.25) is 0 Å². The summed E-state index contributed by atoms with van der Waals surface area (Å²) in [4.78, 5) is 4.44. The van der Waals surface area contributed by atoms with Crippen molar-refractivity contribution >= 4 is 0 Å². The number of aryl methyl sites for hydroxylation is 3. The van der Waals surface area contributed by atoms with E-state index in [1.807, 2.05) is 13.1 Å². The second-order valence-corrected chi connectivity index (χ2v) is 5.54. The van der Waals surface area contributed by atoms with E-state index in [2.05, 4.69) is 61.4 Å². The Morgan fingerprint density at radius 3 is 2.25 bits per heavy atom. The number of hydrogen-bond acceptors (Lipinski definition) is 2. The summed E-state index contributed by atoms with van der Waals surface area (Å²) in [6, 6.07) is 11.2. The fourth-order valence-electron chi connectivity index (χ4n) is 2.54. The molecule has 20 heavy (non-hydrogen) atoms. The molecule has 1 N–H and O–H groups in total. The summed E-state index contributed by atoms with van der Waals surface area (Å²) in [6.45, 7) is 9.53. The maximum Gasteiger partial charge on any atom is 0.0592 e. The second kappa shape index (κ2) is 6.67. The van der Waals surface area contributed by atoms with Crippen LogP contribution in [0.5, 0.6) is 0 Å². The molecule has 1 aromatic carbocycles. The zero-order valence-corrected chi connectivity index (χ0v) is 12.9. The highest BCUT2D eigenvalue weighted by Crippen LogP contribution is 2.24. The Bertz CT molecular complexity index is 538. The molecule has 1 atom stereocenters. The van der Waals surface area contributed by atoms with Gasteiger partial charge in [-0.05, 0) is 50.9 Å². The van der Waals surface area contributed by atoms with Crippen molar-refractivity contribution in [2.75, 3.05) is 6.54 Å². The third-order valence-electron chi connectivity index (χ3n) is 3.44. The number of rotatable bonds is 5. The van der Waals surface area contributed by atoms with Gasteiger partial charge in [0.2, 0.25) is 0 Å². The van der Waals surface area contributed by atoms with Gasteiger partial charge in [0.1, 0.15) is 0 Å². The first-order valence-corrected chi connectivity index (χ1v) is 7.34. The molecule has 2 heteroatoms. The Kier molecular flexibility index (Phi) is 4.91. The average molecular weight is 268 g/mol. The highest BCUT2D eigenvalue weighted by molar-refractivity contribution is 5.36. The third kappa shape index (κ3) is 3.67. The van der Waals surface area contributed by atoms with Crippen LogP contribution >= 0.6 is 0 Å². The van der Waals surface area contributed by atoms with Crippen molar-refractivity contribution in [3.8, 4) is 0 Å². The quantitative estimate of drug-likeness (QED) is 0.883. The lowest BCUT2D eigenvalue weighted by Crippen LogP contribution is -2.23. The summed E-state index contributed by atoms with van der Waals surface area (Å²) in [5.74, 6) is 0. The molecule has 0 saturated heterocycles. The SMILES string of the molecule is CCCNC(c1ccc(C)nc1)c1cc(C)cc(C)c1. The minimum absolute atomic E-state index is 0.224. The van der Waals surface area contributed by atoms with Crippen LogP contribution in [0.15, 0.2) is 36.5 Å². The van der Waals surface area contributed by atoms with Crippen LogP contribution < -0.4 is 5.32 Å². The van der Waals surface area contributed by atoms with Gasteiger partial charge in [0, 0.05) is 11.9 Å². The van der Waals surface area contributed by atoms with Crippen LogP contribution in [0.4, 0.5) is 0 Å². The highest BCUT2D eigenvalue weighted by Gasteiger charge is 2.14. The fourth-order valence-corrected chi connectivity index (χ4v) is 2.54. The van der Waals surface area contributed by atoms with E-state index in [4.69, 9.17) is 0 Å². The van der Waals surface area contributed by atoms with Crippen LogP contribution in [0.3, 0.4) is 0 Å². The fraction of sp³-hybridized carbons (Fsp3) is 0.389. The molecule has 2 rings (SSSR count). The van der Waals surface area contributed by atoms with Gasteiger partial charge >= 0.3 is 0 Å². The van der Waals surface area contributed by atoms with Gasteiger partial charge in [-0.2, -0.15) is 0 Å². The molecule has 1 unspecified atom stereocenters.